The van der Waals surface area contributed by atoms with Crippen molar-refractivity contribution < 1.29 is 9.18 Å². The lowest BCUT2D eigenvalue weighted by atomic mass is 9.83. The molecule has 1 heterocycles. The molecule has 0 saturated carbocycles. The Morgan fingerprint density at radius 3 is 2.84 bits per heavy atom. The SMILES string of the molecule is CC(C)(C(=O)N1CCCNCC1)c1cccc(F)c1. The number of benzene rings is 1. The molecule has 0 aromatic heterocycles. The van der Waals surface area contributed by atoms with E-state index in [4.69, 9.17) is 0 Å². The van der Waals surface area contributed by atoms with Gasteiger partial charge in [0.05, 0.1) is 5.41 Å². The van der Waals surface area contributed by atoms with E-state index < -0.39 is 5.41 Å². The van der Waals surface area contributed by atoms with Crippen LogP contribution < -0.4 is 5.32 Å². The number of halogens is 1. The molecule has 2 rings (SSSR count). The Kier molecular flexibility index (Phi) is 4.20. The highest BCUT2D eigenvalue weighted by Crippen LogP contribution is 2.26. The lowest BCUT2D eigenvalue weighted by molar-refractivity contribution is -0.136. The summed E-state index contributed by atoms with van der Waals surface area (Å²) in [4.78, 5) is 14.5. The van der Waals surface area contributed by atoms with E-state index >= 15 is 0 Å². The Hall–Kier alpha value is -1.42. The van der Waals surface area contributed by atoms with Gasteiger partial charge < -0.3 is 10.2 Å². The summed E-state index contributed by atoms with van der Waals surface area (Å²) in [6, 6.07) is 6.33. The van der Waals surface area contributed by atoms with Crippen molar-refractivity contribution in [1.82, 2.24) is 10.2 Å². The average Bonchev–Trinajstić information content (AvgIpc) is 2.66. The normalized spacial score (nSPS) is 17.1. The van der Waals surface area contributed by atoms with Gasteiger partial charge in [-0.25, -0.2) is 4.39 Å². The first-order valence-corrected chi connectivity index (χ1v) is 6.78. The minimum atomic E-state index is -0.688. The second-order valence-corrected chi connectivity index (χ2v) is 5.53. The van der Waals surface area contributed by atoms with Crippen LogP contribution in [-0.4, -0.2) is 37.0 Å². The predicted octanol–water partition coefficient (Wildman–Crippen LogP) is 1.93. The van der Waals surface area contributed by atoms with Crippen LogP contribution in [0.4, 0.5) is 4.39 Å². The summed E-state index contributed by atoms with van der Waals surface area (Å²) in [5, 5.41) is 3.28. The van der Waals surface area contributed by atoms with Gasteiger partial charge in [-0.05, 0) is 44.5 Å². The monoisotopic (exact) mass is 264 g/mol. The zero-order valence-electron chi connectivity index (χ0n) is 11.6. The van der Waals surface area contributed by atoms with Crippen LogP contribution in [0, 0.1) is 5.82 Å². The fourth-order valence-electron chi connectivity index (χ4n) is 2.44. The van der Waals surface area contributed by atoms with E-state index in [1.54, 1.807) is 6.07 Å². The predicted molar refractivity (Wildman–Crippen MR) is 73.5 cm³/mol. The van der Waals surface area contributed by atoms with Crippen LogP contribution in [0.1, 0.15) is 25.8 Å². The second-order valence-electron chi connectivity index (χ2n) is 5.53. The molecule has 1 fully saturated rings. The third kappa shape index (κ3) is 3.13. The zero-order chi connectivity index (χ0) is 13.9. The Labute approximate surface area is 113 Å². The van der Waals surface area contributed by atoms with Crippen molar-refractivity contribution in [2.45, 2.75) is 25.7 Å². The molecular formula is C15H21FN2O. The average molecular weight is 264 g/mol. The van der Waals surface area contributed by atoms with Crippen LogP contribution in [0.15, 0.2) is 24.3 Å². The smallest absolute Gasteiger partial charge is 0.232 e. The van der Waals surface area contributed by atoms with Gasteiger partial charge in [-0.15, -0.1) is 0 Å². The van der Waals surface area contributed by atoms with E-state index in [2.05, 4.69) is 5.32 Å². The molecule has 0 atom stereocenters. The summed E-state index contributed by atoms with van der Waals surface area (Å²) >= 11 is 0. The fourth-order valence-corrected chi connectivity index (χ4v) is 2.44. The van der Waals surface area contributed by atoms with Crippen LogP contribution in [0.2, 0.25) is 0 Å². The quantitative estimate of drug-likeness (QED) is 0.885. The maximum Gasteiger partial charge on any atom is 0.232 e. The zero-order valence-corrected chi connectivity index (χ0v) is 11.6. The molecule has 3 nitrogen and oxygen atoms in total. The summed E-state index contributed by atoms with van der Waals surface area (Å²) in [7, 11) is 0. The summed E-state index contributed by atoms with van der Waals surface area (Å²) in [5.74, 6) is -0.224. The van der Waals surface area contributed by atoms with Gasteiger partial charge in [-0.3, -0.25) is 4.79 Å². The van der Waals surface area contributed by atoms with Crippen molar-refractivity contribution in [2.75, 3.05) is 26.2 Å². The van der Waals surface area contributed by atoms with E-state index in [9.17, 15) is 9.18 Å². The summed E-state index contributed by atoms with van der Waals surface area (Å²) in [6.45, 7) is 6.99. The van der Waals surface area contributed by atoms with Gasteiger partial charge in [0.15, 0.2) is 0 Å². The van der Waals surface area contributed by atoms with E-state index in [0.717, 1.165) is 38.2 Å². The maximum atomic E-state index is 13.3. The first-order chi connectivity index (χ1) is 9.01. The highest BCUT2D eigenvalue weighted by Gasteiger charge is 2.34. The molecule has 1 aromatic carbocycles. The van der Waals surface area contributed by atoms with Gasteiger partial charge in [-0.2, -0.15) is 0 Å². The Morgan fingerprint density at radius 2 is 2.11 bits per heavy atom. The summed E-state index contributed by atoms with van der Waals surface area (Å²) in [6.07, 6.45) is 0.963. The number of hydrogen-bond donors (Lipinski definition) is 1. The van der Waals surface area contributed by atoms with Gasteiger partial charge in [0, 0.05) is 19.6 Å². The Morgan fingerprint density at radius 1 is 1.32 bits per heavy atom. The topological polar surface area (TPSA) is 32.3 Å². The van der Waals surface area contributed by atoms with Crippen molar-refractivity contribution in [3.8, 4) is 0 Å². The van der Waals surface area contributed by atoms with Crippen molar-refractivity contribution in [3.05, 3.63) is 35.6 Å². The third-order valence-electron chi connectivity index (χ3n) is 3.71. The van der Waals surface area contributed by atoms with E-state index in [1.165, 1.54) is 12.1 Å². The lowest BCUT2D eigenvalue weighted by Gasteiger charge is -2.31. The number of carbonyl (C=O) groups excluding carboxylic acids is 1. The molecular weight excluding hydrogens is 243 g/mol. The molecule has 1 amide bonds. The van der Waals surface area contributed by atoms with Crippen LogP contribution in [0.25, 0.3) is 0 Å². The van der Waals surface area contributed by atoms with Crippen LogP contribution in [0.5, 0.6) is 0 Å². The highest BCUT2D eigenvalue weighted by atomic mass is 19.1. The fraction of sp³-hybridized carbons (Fsp3) is 0.533. The number of rotatable bonds is 2. The van der Waals surface area contributed by atoms with Gasteiger partial charge in [0.2, 0.25) is 5.91 Å². The highest BCUT2D eigenvalue weighted by molar-refractivity contribution is 5.87. The molecule has 0 bridgehead atoms. The van der Waals surface area contributed by atoms with E-state index in [-0.39, 0.29) is 11.7 Å². The molecule has 4 heteroatoms. The molecule has 1 aromatic rings. The van der Waals surface area contributed by atoms with E-state index in [1.807, 2.05) is 24.8 Å². The van der Waals surface area contributed by atoms with Gasteiger partial charge in [-0.1, -0.05) is 12.1 Å². The first kappa shape index (κ1) is 14.0. The van der Waals surface area contributed by atoms with Gasteiger partial charge in [0.25, 0.3) is 0 Å². The largest absolute Gasteiger partial charge is 0.341 e. The molecule has 1 N–H and O–H groups in total. The number of carbonyl (C=O) groups is 1. The van der Waals surface area contributed by atoms with Crippen LogP contribution in [0.3, 0.4) is 0 Å². The molecule has 0 aliphatic carbocycles. The minimum Gasteiger partial charge on any atom is -0.341 e. The Bertz CT molecular complexity index is 451. The lowest BCUT2D eigenvalue weighted by Crippen LogP contribution is -2.45. The maximum absolute atomic E-state index is 13.3. The Balaban J connectivity index is 2.20. The minimum absolute atomic E-state index is 0.0711. The van der Waals surface area contributed by atoms with Crippen molar-refractivity contribution >= 4 is 5.91 Å². The molecule has 19 heavy (non-hydrogen) atoms. The molecule has 0 unspecified atom stereocenters. The van der Waals surface area contributed by atoms with E-state index in [0.29, 0.717) is 0 Å². The van der Waals surface area contributed by atoms with Crippen molar-refractivity contribution in [3.63, 3.8) is 0 Å². The standard InChI is InChI=1S/C15H21FN2O/c1-15(2,12-5-3-6-13(16)11-12)14(19)18-9-4-7-17-8-10-18/h3,5-6,11,17H,4,7-10H2,1-2H3. The molecule has 1 aliphatic rings. The molecule has 1 aliphatic heterocycles. The van der Waals surface area contributed by atoms with Crippen LogP contribution in [-0.2, 0) is 10.2 Å². The first-order valence-electron chi connectivity index (χ1n) is 6.78. The van der Waals surface area contributed by atoms with Crippen molar-refractivity contribution in [1.29, 1.82) is 0 Å². The molecule has 104 valence electrons. The molecule has 0 radical (unpaired) electrons. The van der Waals surface area contributed by atoms with Gasteiger partial charge >= 0.3 is 0 Å². The summed E-state index contributed by atoms with van der Waals surface area (Å²) < 4.78 is 13.3. The van der Waals surface area contributed by atoms with Gasteiger partial charge in [0.1, 0.15) is 5.82 Å². The third-order valence-corrected chi connectivity index (χ3v) is 3.71. The number of hydrogen-bond acceptors (Lipinski definition) is 2. The molecule has 0 spiro atoms. The second kappa shape index (κ2) is 5.70. The number of nitrogens with one attached hydrogen (secondary N) is 1. The summed E-state index contributed by atoms with van der Waals surface area (Å²) in [5.41, 5.74) is 0.0432. The molecule has 1 saturated heterocycles. The number of amides is 1. The number of nitrogens with zero attached hydrogens (tertiary/aromatic N) is 1. The van der Waals surface area contributed by atoms with Crippen LogP contribution >= 0.6 is 0 Å². The van der Waals surface area contributed by atoms with Crippen molar-refractivity contribution in [2.24, 2.45) is 0 Å².